The first-order valence-electron chi connectivity index (χ1n) is 11.1. The summed E-state index contributed by atoms with van der Waals surface area (Å²) < 4.78 is 6.15. The number of nitrogens with one attached hydrogen (secondary N) is 2. The number of hydrogen-bond donors (Lipinski definition) is 2. The lowest BCUT2D eigenvalue weighted by Gasteiger charge is -2.20. The number of nitriles is 1. The molecular weight excluding hydrogens is 438 g/mol. The number of ether oxygens (including phenoxy) is 1. The molecule has 0 atom stereocenters. The van der Waals surface area contributed by atoms with Crippen molar-refractivity contribution >= 4 is 12.2 Å². The van der Waals surface area contributed by atoms with E-state index in [1.807, 2.05) is 66.7 Å². The molecule has 0 aliphatic heterocycles. The molecule has 0 spiro atoms. The monoisotopic (exact) mass is 463 g/mol. The van der Waals surface area contributed by atoms with Gasteiger partial charge >= 0.3 is 0 Å². The van der Waals surface area contributed by atoms with Gasteiger partial charge in [0.2, 0.25) is 5.95 Å². The zero-order valence-electron chi connectivity index (χ0n) is 19.7. The van der Waals surface area contributed by atoms with E-state index < -0.39 is 5.56 Å². The minimum atomic E-state index is -0.540. The van der Waals surface area contributed by atoms with Gasteiger partial charge in [0.25, 0.3) is 5.56 Å². The van der Waals surface area contributed by atoms with Crippen LogP contribution in [-0.2, 0) is 5.41 Å². The molecule has 0 unspecified atom stereocenters. The van der Waals surface area contributed by atoms with Crippen LogP contribution in [-0.4, -0.2) is 16.2 Å². The summed E-state index contributed by atoms with van der Waals surface area (Å²) in [5, 5.41) is 13.6. The summed E-state index contributed by atoms with van der Waals surface area (Å²) in [6, 6.07) is 26.5. The fourth-order valence-electron chi connectivity index (χ4n) is 3.43. The van der Waals surface area contributed by atoms with Gasteiger partial charge in [0, 0.05) is 11.1 Å². The molecule has 2 N–H and O–H groups in total. The van der Waals surface area contributed by atoms with E-state index in [0.29, 0.717) is 11.3 Å². The molecular formula is C28H25N5O2. The van der Waals surface area contributed by atoms with Crippen LogP contribution in [0.15, 0.2) is 88.8 Å². The van der Waals surface area contributed by atoms with Crippen LogP contribution in [0.5, 0.6) is 11.5 Å². The van der Waals surface area contributed by atoms with Crippen molar-refractivity contribution in [1.82, 2.24) is 9.97 Å². The number of nitrogens with zero attached hydrogens (tertiary/aromatic N) is 3. The zero-order chi connectivity index (χ0) is 24.8. The molecule has 0 amide bonds. The zero-order valence-corrected chi connectivity index (χ0v) is 19.7. The van der Waals surface area contributed by atoms with Gasteiger partial charge in [-0.25, -0.2) is 10.4 Å². The first kappa shape index (κ1) is 23.5. The van der Waals surface area contributed by atoms with Crippen molar-refractivity contribution in [3.8, 4) is 28.8 Å². The molecule has 0 bridgehead atoms. The number of aromatic amines is 1. The van der Waals surface area contributed by atoms with Gasteiger partial charge in [-0.2, -0.15) is 10.4 Å². The maximum Gasteiger partial charge on any atom is 0.270 e. The molecule has 1 aromatic heterocycles. The Hall–Kier alpha value is -4.70. The van der Waals surface area contributed by atoms with E-state index in [1.165, 1.54) is 5.56 Å². The number of rotatable bonds is 6. The van der Waals surface area contributed by atoms with Gasteiger partial charge in [0.1, 0.15) is 23.1 Å². The lowest BCUT2D eigenvalue weighted by molar-refractivity contribution is 0.478. The highest BCUT2D eigenvalue weighted by molar-refractivity contribution is 5.84. The van der Waals surface area contributed by atoms with Crippen LogP contribution in [0.4, 0.5) is 5.95 Å². The molecule has 4 aromatic rings. The average Bonchev–Trinajstić information content (AvgIpc) is 2.85. The molecule has 1 heterocycles. The molecule has 0 fully saturated rings. The smallest absolute Gasteiger partial charge is 0.270 e. The minimum Gasteiger partial charge on any atom is -0.457 e. The predicted octanol–water partition coefficient (Wildman–Crippen LogP) is 5.84. The molecule has 0 radical (unpaired) electrons. The molecule has 7 heteroatoms. The number of para-hydroxylation sites is 1. The van der Waals surface area contributed by atoms with Crippen molar-refractivity contribution in [2.45, 2.75) is 26.2 Å². The summed E-state index contributed by atoms with van der Waals surface area (Å²) in [6.07, 6.45) is 1.59. The predicted molar refractivity (Wildman–Crippen MR) is 138 cm³/mol. The lowest BCUT2D eigenvalue weighted by atomic mass is 9.87. The van der Waals surface area contributed by atoms with Crippen LogP contribution in [0.2, 0.25) is 0 Å². The highest BCUT2D eigenvalue weighted by atomic mass is 16.5. The minimum absolute atomic E-state index is 0.00782. The maximum absolute atomic E-state index is 12.4. The van der Waals surface area contributed by atoms with Crippen LogP contribution in [0.1, 0.15) is 37.5 Å². The third kappa shape index (κ3) is 5.63. The number of hydrazone groups is 1. The van der Waals surface area contributed by atoms with Crippen molar-refractivity contribution < 1.29 is 4.74 Å². The number of aromatic nitrogens is 2. The topological polar surface area (TPSA) is 103 Å². The van der Waals surface area contributed by atoms with E-state index in [4.69, 9.17) is 4.74 Å². The second-order valence-electron chi connectivity index (χ2n) is 8.90. The van der Waals surface area contributed by atoms with Crippen LogP contribution in [0.25, 0.3) is 11.3 Å². The number of H-pyrrole nitrogens is 1. The Morgan fingerprint density at radius 3 is 2.51 bits per heavy atom. The van der Waals surface area contributed by atoms with Gasteiger partial charge in [0.15, 0.2) is 0 Å². The fourth-order valence-corrected chi connectivity index (χ4v) is 3.43. The number of benzene rings is 3. The first-order valence-corrected chi connectivity index (χ1v) is 11.1. The molecule has 0 aliphatic carbocycles. The summed E-state index contributed by atoms with van der Waals surface area (Å²) in [7, 11) is 0. The summed E-state index contributed by atoms with van der Waals surface area (Å²) in [6.45, 7) is 6.47. The highest BCUT2D eigenvalue weighted by Gasteiger charge is 2.15. The largest absolute Gasteiger partial charge is 0.457 e. The fraction of sp³-hybridized carbons (Fsp3) is 0.143. The lowest BCUT2D eigenvalue weighted by Crippen LogP contribution is -2.16. The van der Waals surface area contributed by atoms with Crippen LogP contribution < -0.4 is 15.7 Å². The van der Waals surface area contributed by atoms with Gasteiger partial charge in [-0.15, -0.1) is 0 Å². The van der Waals surface area contributed by atoms with Crippen LogP contribution in [0, 0.1) is 11.3 Å². The Morgan fingerprint density at radius 2 is 1.77 bits per heavy atom. The number of hydrogen-bond acceptors (Lipinski definition) is 6. The van der Waals surface area contributed by atoms with E-state index in [-0.39, 0.29) is 22.6 Å². The van der Waals surface area contributed by atoms with E-state index in [1.54, 1.807) is 18.3 Å². The van der Waals surface area contributed by atoms with Gasteiger partial charge in [-0.3, -0.25) is 9.78 Å². The van der Waals surface area contributed by atoms with Crippen molar-refractivity contribution in [2.24, 2.45) is 5.10 Å². The quantitative estimate of drug-likeness (QED) is 0.276. The Labute approximate surface area is 203 Å². The van der Waals surface area contributed by atoms with E-state index in [0.717, 1.165) is 11.3 Å². The summed E-state index contributed by atoms with van der Waals surface area (Å²) in [5.41, 5.74) is 5.03. The Kier molecular flexibility index (Phi) is 6.74. The molecule has 35 heavy (non-hydrogen) atoms. The maximum atomic E-state index is 12.4. The Morgan fingerprint density at radius 1 is 1.03 bits per heavy atom. The van der Waals surface area contributed by atoms with E-state index in [2.05, 4.69) is 47.3 Å². The van der Waals surface area contributed by atoms with Crippen molar-refractivity contribution in [1.29, 1.82) is 5.26 Å². The van der Waals surface area contributed by atoms with Gasteiger partial charge in [-0.1, -0.05) is 75.4 Å². The molecule has 0 aliphatic rings. The van der Waals surface area contributed by atoms with Crippen molar-refractivity contribution in [3.05, 3.63) is 106 Å². The third-order valence-corrected chi connectivity index (χ3v) is 5.30. The summed E-state index contributed by atoms with van der Waals surface area (Å²) >= 11 is 0. The van der Waals surface area contributed by atoms with Gasteiger partial charge in [-0.05, 0) is 35.2 Å². The Balaban J connectivity index is 1.57. The molecule has 0 saturated carbocycles. The normalized spacial score (nSPS) is 11.3. The molecule has 4 rings (SSSR count). The molecule has 3 aromatic carbocycles. The standard InChI is InChI=1S/C28H25N5O2/c1-28(2,3)21-13-9-14-22(16-21)35-24-15-8-7-12-20(24)18-30-33-27-31-25(19-10-5-4-6-11-19)23(17-29)26(34)32-27/h4-16,18H,1-3H3,(H2,31,32,33,34). The second-order valence-corrected chi connectivity index (χ2v) is 8.90. The summed E-state index contributed by atoms with van der Waals surface area (Å²) in [4.78, 5) is 19.4. The van der Waals surface area contributed by atoms with Crippen LogP contribution in [0.3, 0.4) is 0 Å². The number of anilines is 1. The van der Waals surface area contributed by atoms with Crippen LogP contribution >= 0.6 is 0 Å². The van der Waals surface area contributed by atoms with Crippen molar-refractivity contribution in [3.63, 3.8) is 0 Å². The molecule has 7 nitrogen and oxygen atoms in total. The van der Waals surface area contributed by atoms with Crippen molar-refractivity contribution in [2.75, 3.05) is 5.43 Å². The van der Waals surface area contributed by atoms with E-state index >= 15 is 0 Å². The van der Waals surface area contributed by atoms with E-state index in [9.17, 15) is 10.1 Å². The average molecular weight is 464 g/mol. The first-order chi connectivity index (χ1) is 16.8. The summed E-state index contributed by atoms with van der Waals surface area (Å²) in [5.74, 6) is 1.49. The Bertz CT molecular complexity index is 1460. The highest BCUT2D eigenvalue weighted by Crippen LogP contribution is 2.29. The van der Waals surface area contributed by atoms with Gasteiger partial charge < -0.3 is 4.74 Å². The SMILES string of the molecule is CC(C)(C)c1cccc(Oc2ccccc2C=NNc2nc(-c3ccccc3)c(C#N)c(=O)[nH]2)c1. The molecule has 0 saturated heterocycles. The third-order valence-electron chi connectivity index (χ3n) is 5.30. The second kappa shape index (κ2) is 10.1. The van der Waals surface area contributed by atoms with Gasteiger partial charge in [0.05, 0.1) is 11.9 Å². The molecule has 174 valence electrons.